The standard InChI is InChI=1S/C26H24N2O2S.C25H23N3O3S/c1-18-6-9-21(10-7-18)27-12-14-28(15-13-27)26(30)19-8-11-24-20(16-19)17-23(29)22-4-2-3-5-25(22)31-24;1-31-19-9-7-18(8-10-19)27-12-14-28(15-13-27)25(30)17-6-11-23-21(16-17)26-24(29)20-4-2-3-5-22(20)32-23/h2-11,16H,12-15,17H2,1H3;2-11,16H,12-15H2,1H3,(H,26,29). The van der Waals surface area contributed by atoms with Crippen LogP contribution in [-0.4, -0.2) is 92.8 Å². The fourth-order valence-corrected chi connectivity index (χ4v) is 10.4. The first-order valence-corrected chi connectivity index (χ1v) is 22.8. The van der Waals surface area contributed by atoms with E-state index in [2.05, 4.69) is 46.3 Å². The minimum Gasteiger partial charge on any atom is -0.497 e. The quantitative estimate of drug-likeness (QED) is 0.182. The van der Waals surface area contributed by atoms with Crippen LogP contribution < -0.4 is 19.9 Å². The largest absolute Gasteiger partial charge is 0.497 e. The van der Waals surface area contributed by atoms with Gasteiger partial charge in [-0.1, -0.05) is 71.6 Å². The molecule has 2 saturated heterocycles. The molecule has 6 aromatic carbocycles. The number of methoxy groups -OCH3 is 1. The zero-order chi connectivity index (χ0) is 43.5. The van der Waals surface area contributed by atoms with Gasteiger partial charge < -0.3 is 29.7 Å². The highest BCUT2D eigenvalue weighted by molar-refractivity contribution is 7.99. The normalized spacial score (nSPS) is 15.6. The maximum Gasteiger partial charge on any atom is 0.256 e. The van der Waals surface area contributed by atoms with Gasteiger partial charge in [-0.05, 0) is 103 Å². The van der Waals surface area contributed by atoms with Crippen molar-refractivity contribution >= 4 is 64.1 Å². The molecule has 4 aliphatic rings. The van der Waals surface area contributed by atoms with E-state index in [4.69, 9.17) is 4.74 Å². The first-order valence-electron chi connectivity index (χ1n) is 21.2. The van der Waals surface area contributed by atoms with Crippen molar-refractivity contribution in [3.63, 3.8) is 0 Å². The van der Waals surface area contributed by atoms with E-state index in [1.54, 1.807) is 24.9 Å². The molecule has 63 heavy (non-hydrogen) atoms. The molecule has 10 nitrogen and oxygen atoms in total. The summed E-state index contributed by atoms with van der Waals surface area (Å²) in [6.45, 7) is 7.96. The van der Waals surface area contributed by atoms with Crippen LogP contribution in [0.25, 0.3) is 0 Å². The third-order valence-electron chi connectivity index (χ3n) is 11.9. The molecule has 0 spiro atoms. The van der Waals surface area contributed by atoms with Crippen LogP contribution in [-0.2, 0) is 6.42 Å². The Balaban J connectivity index is 0.000000160. The zero-order valence-corrected chi connectivity index (χ0v) is 36.8. The number of nitrogens with one attached hydrogen (secondary N) is 1. The molecule has 4 heterocycles. The summed E-state index contributed by atoms with van der Waals surface area (Å²) < 4.78 is 5.23. The predicted molar refractivity (Wildman–Crippen MR) is 250 cm³/mol. The Labute approximate surface area is 376 Å². The summed E-state index contributed by atoms with van der Waals surface area (Å²) in [6, 6.07) is 43.2. The monoisotopic (exact) mass is 873 g/mol. The molecule has 3 amide bonds. The van der Waals surface area contributed by atoms with Crippen molar-refractivity contribution in [3.8, 4) is 5.75 Å². The molecule has 0 unspecified atom stereocenters. The minimum absolute atomic E-state index is 0.0109. The Morgan fingerprint density at radius 3 is 1.67 bits per heavy atom. The molecule has 0 bridgehead atoms. The molecule has 0 aromatic heterocycles. The fourth-order valence-electron chi connectivity index (χ4n) is 8.27. The molecule has 2 fully saturated rings. The number of fused-ring (bicyclic) bond motifs is 4. The first kappa shape index (κ1) is 41.8. The summed E-state index contributed by atoms with van der Waals surface area (Å²) in [5.41, 5.74) is 7.88. The molecule has 6 aromatic rings. The van der Waals surface area contributed by atoms with Crippen LogP contribution in [0.15, 0.2) is 153 Å². The molecular formula is C51H47N5O5S2. The van der Waals surface area contributed by atoms with Crippen molar-refractivity contribution in [2.45, 2.75) is 32.9 Å². The number of ketones is 1. The number of hydrogen-bond donors (Lipinski definition) is 1. The molecule has 0 saturated carbocycles. The van der Waals surface area contributed by atoms with Gasteiger partial charge >= 0.3 is 0 Å². The molecular weight excluding hydrogens is 827 g/mol. The van der Waals surface area contributed by atoms with Gasteiger partial charge in [0, 0.05) is 106 Å². The summed E-state index contributed by atoms with van der Waals surface area (Å²) in [7, 11) is 1.66. The Kier molecular flexibility index (Phi) is 12.3. The van der Waals surface area contributed by atoms with Crippen LogP contribution in [0.4, 0.5) is 17.1 Å². The van der Waals surface area contributed by atoms with Crippen LogP contribution in [0, 0.1) is 6.92 Å². The number of carbonyl (C=O) groups is 4. The number of carbonyl (C=O) groups excluding carboxylic acids is 4. The Bertz CT molecular complexity index is 2690. The molecule has 0 radical (unpaired) electrons. The van der Waals surface area contributed by atoms with Crippen molar-refractivity contribution in [2.24, 2.45) is 0 Å². The minimum atomic E-state index is -0.149. The summed E-state index contributed by atoms with van der Waals surface area (Å²) in [5.74, 6) is 0.829. The van der Waals surface area contributed by atoms with E-state index >= 15 is 0 Å². The van der Waals surface area contributed by atoms with Gasteiger partial charge in [-0.15, -0.1) is 0 Å². The lowest BCUT2D eigenvalue weighted by Crippen LogP contribution is -2.48. The van der Waals surface area contributed by atoms with Gasteiger partial charge in [0.15, 0.2) is 5.78 Å². The van der Waals surface area contributed by atoms with Crippen LogP contribution >= 0.6 is 23.5 Å². The zero-order valence-electron chi connectivity index (χ0n) is 35.2. The van der Waals surface area contributed by atoms with Crippen molar-refractivity contribution in [1.29, 1.82) is 0 Å². The lowest BCUT2D eigenvalue weighted by molar-refractivity contribution is 0.0739. The third kappa shape index (κ3) is 9.19. The van der Waals surface area contributed by atoms with Gasteiger partial charge in [0.2, 0.25) is 0 Å². The van der Waals surface area contributed by atoms with Crippen LogP contribution in [0.3, 0.4) is 0 Å². The molecule has 12 heteroatoms. The maximum atomic E-state index is 13.2. The number of nitrogens with zero attached hydrogens (tertiary/aromatic N) is 4. The molecule has 0 atom stereocenters. The SMILES string of the molecule is COc1ccc(N2CCN(C(=O)c3ccc4c(c3)NC(=O)c3ccccc3S4)CC2)cc1.Cc1ccc(N2CCN(C(=O)c3ccc4c(c3)CC(=O)c3ccccc3S4)CC2)cc1. The predicted octanol–water partition coefficient (Wildman–Crippen LogP) is 9.22. The van der Waals surface area contributed by atoms with Gasteiger partial charge in [-0.3, -0.25) is 19.2 Å². The van der Waals surface area contributed by atoms with E-state index in [9.17, 15) is 19.2 Å². The Morgan fingerprint density at radius 1 is 0.556 bits per heavy atom. The first-order chi connectivity index (χ1) is 30.7. The van der Waals surface area contributed by atoms with Gasteiger partial charge in [0.1, 0.15) is 5.75 Å². The topological polar surface area (TPSA) is 102 Å². The smallest absolute Gasteiger partial charge is 0.256 e. The average Bonchev–Trinajstić information content (AvgIpc) is 3.57. The van der Waals surface area contributed by atoms with Gasteiger partial charge in [0.25, 0.3) is 17.7 Å². The van der Waals surface area contributed by atoms with Gasteiger partial charge in [-0.25, -0.2) is 0 Å². The van der Waals surface area contributed by atoms with E-state index in [1.165, 1.54) is 23.0 Å². The number of anilines is 3. The number of hydrogen-bond acceptors (Lipinski definition) is 9. The van der Waals surface area contributed by atoms with Crippen molar-refractivity contribution < 1.29 is 23.9 Å². The van der Waals surface area contributed by atoms with Crippen LogP contribution in [0.1, 0.15) is 52.6 Å². The van der Waals surface area contributed by atoms with E-state index in [1.807, 2.05) is 113 Å². The number of benzene rings is 6. The van der Waals surface area contributed by atoms with E-state index in [-0.39, 0.29) is 23.5 Å². The number of piperazine rings is 2. The summed E-state index contributed by atoms with van der Waals surface area (Å²) in [4.78, 5) is 64.0. The Hall–Kier alpha value is -6.50. The van der Waals surface area contributed by atoms with Gasteiger partial charge in [-0.2, -0.15) is 0 Å². The highest BCUT2D eigenvalue weighted by Gasteiger charge is 2.27. The highest BCUT2D eigenvalue weighted by Crippen LogP contribution is 2.40. The van der Waals surface area contributed by atoms with E-state index < -0.39 is 0 Å². The van der Waals surface area contributed by atoms with Crippen LogP contribution in [0.5, 0.6) is 5.75 Å². The molecule has 318 valence electrons. The molecule has 0 aliphatic carbocycles. The second-order valence-electron chi connectivity index (χ2n) is 15.9. The number of ether oxygens (including phenoxy) is 1. The highest BCUT2D eigenvalue weighted by atomic mass is 32.2. The second kappa shape index (κ2) is 18.5. The van der Waals surface area contributed by atoms with Crippen molar-refractivity contribution in [2.75, 3.05) is 74.6 Å². The lowest BCUT2D eigenvalue weighted by Gasteiger charge is -2.36. The van der Waals surface area contributed by atoms with E-state index in [0.29, 0.717) is 55.0 Å². The molecule has 1 N–H and O–H groups in total. The average molecular weight is 874 g/mol. The number of amides is 3. The number of rotatable bonds is 5. The lowest BCUT2D eigenvalue weighted by atomic mass is 10.0. The van der Waals surface area contributed by atoms with Gasteiger partial charge in [0.05, 0.1) is 18.4 Å². The maximum absolute atomic E-state index is 13.2. The van der Waals surface area contributed by atoms with Crippen molar-refractivity contribution in [3.05, 3.63) is 167 Å². The Morgan fingerprint density at radius 2 is 1.06 bits per heavy atom. The number of aryl methyl sites for hydroxylation is 1. The fraction of sp³-hybridized carbons (Fsp3) is 0.216. The summed E-state index contributed by atoms with van der Waals surface area (Å²) in [5, 5.41) is 2.97. The second-order valence-corrected chi connectivity index (χ2v) is 18.0. The summed E-state index contributed by atoms with van der Waals surface area (Å²) >= 11 is 3.15. The van der Waals surface area contributed by atoms with Crippen LogP contribution in [0.2, 0.25) is 0 Å². The molecule has 10 rings (SSSR count). The van der Waals surface area contributed by atoms with Crippen molar-refractivity contribution in [1.82, 2.24) is 9.80 Å². The number of Topliss-reactive ketones (excluding diaryl/α,β-unsaturated/α-hetero) is 1. The molecule has 4 aliphatic heterocycles. The summed E-state index contributed by atoms with van der Waals surface area (Å²) in [6.07, 6.45) is 0.335. The third-order valence-corrected chi connectivity index (χ3v) is 14.2. The van der Waals surface area contributed by atoms with E-state index in [0.717, 1.165) is 68.3 Å².